The molecule has 0 bridgehead atoms. The molecule has 150 valence electrons. The van der Waals surface area contributed by atoms with E-state index in [1.807, 2.05) is 25.1 Å². The average Bonchev–Trinajstić information content (AvgIpc) is 3.06. The number of carbonyl (C=O) groups excluding carboxylic acids is 2. The molecule has 0 saturated heterocycles. The molecule has 0 unspecified atom stereocenters. The normalized spacial score (nSPS) is 10.6. The van der Waals surface area contributed by atoms with Gasteiger partial charge in [0.15, 0.2) is 0 Å². The van der Waals surface area contributed by atoms with E-state index < -0.39 is 5.82 Å². The molecule has 0 radical (unpaired) electrons. The first-order chi connectivity index (χ1) is 13.9. The molecule has 0 spiro atoms. The molecule has 2 amide bonds. The standard InChI is InChI=1S/C21H20BrFN4O2/c1-13-7-8-15(22)11-18(13)26-20(28)9-10-24-21(29)16-12-25-27(14(16)2)19-6-4-3-5-17(19)23/h3-8,11-12H,9-10H2,1-2H3,(H,24,29)(H,26,28). The molecule has 8 heteroatoms. The third kappa shape index (κ3) is 4.89. The first kappa shape index (κ1) is 20.7. The Morgan fingerprint density at radius 2 is 1.93 bits per heavy atom. The smallest absolute Gasteiger partial charge is 0.254 e. The van der Waals surface area contributed by atoms with Gasteiger partial charge in [-0.3, -0.25) is 9.59 Å². The molecule has 0 aliphatic rings. The number of para-hydroxylation sites is 1. The number of nitrogens with zero attached hydrogens (tertiary/aromatic N) is 2. The van der Waals surface area contributed by atoms with Crippen LogP contribution in [-0.2, 0) is 4.79 Å². The lowest BCUT2D eigenvalue weighted by Gasteiger charge is -2.10. The van der Waals surface area contributed by atoms with E-state index in [1.165, 1.54) is 16.9 Å². The Morgan fingerprint density at radius 1 is 1.17 bits per heavy atom. The van der Waals surface area contributed by atoms with Crippen molar-refractivity contribution in [2.24, 2.45) is 0 Å². The molecule has 1 aromatic heterocycles. The van der Waals surface area contributed by atoms with Crippen LogP contribution < -0.4 is 10.6 Å². The number of anilines is 1. The van der Waals surface area contributed by atoms with Crippen molar-refractivity contribution in [3.8, 4) is 5.69 Å². The second kappa shape index (κ2) is 9.00. The highest BCUT2D eigenvalue weighted by molar-refractivity contribution is 9.10. The molecular formula is C21H20BrFN4O2. The van der Waals surface area contributed by atoms with E-state index >= 15 is 0 Å². The van der Waals surface area contributed by atoms with Crippen molar-refractivity contribution in [3.05, 3.63) is 75.8 Å². The molecular weight excluding hydrogens is 439 g/mol. The number of benzene rings is 2. The fourth-order valence-corrected chi connectivity index (χ4v) is 3.19. The third-order valence-corrected chi connectivity index (χ3v) is 4.94. The largest absolute Gasteiger partial charge is 0.351 e. The maximum absolute atomic E-state index is 14.0. The molecule has 3 rings (SSSR count). The van der Waals surface area contributed by atoms with Gasteiger partial charge in [0.05, 0.1) is 17.5 Å². The van der Waals surface area contributed by atoms with E-state index in [1.54, 1.807) is 25.1 Å². The minimum Gasteiger partial charge on any atom is -0.351 e. The number of aromatic nitrogens is 2. The Morgan fingerprint density at radius 3 is 2.69 bits per heavy atom. The van der Waals surface area contributed by atoms with Crippen LogP contribution >= 0.6 is 15.9 Å². The van der Waals surface area contributed by atoms with Gasteiger partial charge in [-0.25, -0.2) is 9.07 Å². The van der Waals surface area contributed by atoms with E-state index in [-0.39, 0.29) is 30.5 Å². The van der Waals surface area contributed by atoms with Crippen molar-refractivity contribution >= 4 is 33.4 Å². The van der Waals surface area contributed by atoms with Crippen molar-refractivity contribution in [3.63, 3.8) is 0 Å². The lowest BCUT2D eigenvalue weighted by atomic mass is 10.2. The summed E-state index contributed by atoms with van der Waals surface area (Å²) in [7, 11) is 0. The lowest BCUT2D eigenvalue weighted by Crippen LogP contribution is -2.28. The SMILES string of the molecule is Cc1ccc(Br)cc1NC(=O)CCNC(=O)c1cnn(-c2ccccc2F)c1C. The Kier molecular flexibility index (Phi) is 6.43. The average molecular weight is 459 g/mol. The molecule has 0 aliphatic heterocycles. The van der Waals surface area contributed by atoms with Gasteiger partial charge < -0.3 is 10.6 Å². The van der Waals surface area contributed by atoms with Gasteiger partial charge in [-0.1, -0.05) is 34.1 Å². The van der Waals surface area contributed by atoms with Crippen LogP contribution in [0.4, 0.5) is 10.1 Å². The summed E-state index contributed by atoms with van der Waals surface area (Å²) in [5.41, 5.74) is 2.78. The summed E-state index contributed by atoms with van der Waals surface area (Å²) >= 11 is 3.37. The number of amides is 2. The molecule has 0 fully saturated rings. The summed E-state index contributed by atoms with van der Waals surface area (Å²) in [6.07, 6.45) is 1.51. The van der Waals surface area contributed by atoms with Crippen molar-refractivity contribution in [2.45, 2.75) is 20.3 Å². The van der Waals surface area contributed by atoms with E-state index in [2.05, 4.69) is 31.7 Å². The highest BCUT2D eigenvalue weighted by atomic mass is 79.9. The second-order valence-electron chi connectivity index (χ2n) is 6.52. The van der Waals surface area contributed by atoms with Crippen molar-refractivity contribution in [1.82, 2.24) is 15.1 Å². The predicted molar refractivity (Wildman–Crippen MR) is 113 cm³/mol. The van der Waals surface area contributed by atoms with Gasteiger partial charge in [0.2, 0.25) is 5.91 Å². The Hall–Kier alpha value is -3.00. The number of hydrogen-bond acceptors (Lipinski definition) is 3. The summed E-state index contributed by atoms with van der Waals surface area (Å²) in [5, 5.41) is 9.65. The highest BCUT2D eigenvalue weighted by Gasteiger charge is 2.17. The van der Waals surface area contributed by atoms with Crippen molar-refractivity contribution in [2.75, 3.05) is 11.9 Å². The van der Waals surface area contributed by atoms with Crippen LogP contribution in [0.2, 0.25) is 0 Å². The summed E-state index contributed by atoms with van der Waals surface area (Å²) in [5.74, 6) is -0.994. The van der Waals surface area contributed by atoms with Crippen LogP contribution in [0.3, 0.4) is 0 Å². The van der Waals surface area contributed by atoms with Crippen LogP contribution in [0.25, 0.3) is 5.69 Å². The summed E-state index contributed by atoms with van der Waals surface area (Å²) in [6, 6.07) is 11.8. The topological polar surface area (TPSA) is 76.0 Å². The van der Waals surface area contributed by atoms with Gasteiger partial charge >= 0.3 is 0 Å². The number of halogens is 2. The number of aryl methyl sites for hydroxylation is 1. The monoisotopic (exact) mass is 458 g/mol. The van der Waals surface area contributed by atoms with E-state index in [4.69, 9.17) is 0 Å². The molecule has 0 atom stereocenters. The Balaban J connectivity index is 1.58. The van der Waals surface area contributed by atoms with Gasteiger partial charge in [-0.2, -0.15) is 5.10 Å². The lowest BCUT2D eigenvalue weighted by molar-refractivity contribution is -0.116. The maximum Gasteiger partial charge on any atom is 0.254 e. The fourth-order valence-electron chi connectivity index (χ4n) is 2.83. The second-order valence-corrected chi connectivity index (χ2v) is 7.44. The summed E-state index contributed by atoms with van der Waals surface area (Å²) in [6.45, 7) is 3.76. The van der Waals surface area contributed by atoms with Crippen LogP contribution in [-0.4, -0.2) is 28.1 Å². The van der Waals surface area contributed by atoms with Crippen LogP contribution in [0.5, 0.6) is 0 Å². The number of hydrogen-bond donors (Lipinski definition) is 2. The number of nitrogens with one attached hydrogen (secondary N) is 2. The molecule has 0 saturated carbocycles. The minimum atomic E-state index is -0.426. The number of rotatable bonds is 6. The van der Waals surface area contributed by atoms with Gasteiger partial charge in [0.25, 0.3) is 5.91 Å². The van der Waals surface area contributed by atoms with Crippen LogP contribution in [0.1, 0.15) is 28.0 Å². The quantitative estimate of drug-likeness (QED) is 0.582. The van der Waals surface area contributed by atoms with E-state index in [0.29, 0.717) is 11.3 Å². The first-order valence-corrected chi connectivity index (χ1v) is 9.80. The predicted octanol–water partition coefficient (Wildman–Crippen LogP) is 4.15. The van der Waals surface area contributed by atoms with E-state index in [9.17, 15) is 14.0 Å². The first-order valence-electron chi connectivity index (χ1n) is 9.00. The number of carbonyl (C=O) groups is 2. The molecule has 1 heterocycles. The van der Waals surface area contributed by atoms with Gasteiger partial charge in [-0.05, 0) is 43.7 Å². The minimum absolute atomic E-state index is 0.123. The van der Waals surface area contributed by atoms with Crippen LogP contribution in [0.15, 0.2) is 53.1 Å². The Labute approximate surface area is 176 Å². The molecule has 29 heavy (non-hydrogen) atoms. The highest BCUT2D eigenvalue weighted by Crippen LogP contribution is 2.21. The zero-order chi connectivity index (χ0) is 21.0. The van der Waals surface area contributed by atoms with Crippen molar-refractivity contribution in [1.29, 1.82) is 0 Å². The summed E-state index contributed by atoms with van der Waals surface area (Å²) in [4.78, 5) is 24.6. The van der Waals surface area contributed by atoms with Crippen molar-refractivity contribution < 1.29 is 14.0 Å². The zero-order valence-electron chi connectivity index (χ0n) is 16.0. The molecule has 2 aromatic carbocycles. The van der Waals surface area contributed by atoms with E-state index in [0.717, 1.165) is 15.7 Å². The van der Waals surface area contributed by atoms with Gasteiger partial charge in [-0.15, -0.1) is 0 Å². The Bertz CT molecular complexity index is 1060. The third-order valence-electron chi connectivity index (χ3n) is 4.45. The van der Waals surface area contributed by atoms with Gasteiger partial charge in [0.1, 0.15) is 11.5 Å². The fraction of sp³-hybridized carbons (Fsp3) is 0.190. The molecule has 0 aliphatic carbocycles. The molecule has 6 nitrogen and oxygen atoms in total. The molecule has 2 N–H and O–H groups in total. The zero-order valence-corrected chi connectivity index (χ0v) is 17.6. The summed E-state index contributed by atoms with van der Waals surface area (Å²) < 4.78 is 16.2. The van der Waals surface area contributed by atoms with Gasteiger partial charge in [0, 0.05) is 23.1 Å². The molecule has 3 aromatic rings. The maximum atomic E-state index is 14.0. The van der Waals surface area contributed by atoms with Crippen LogP contribution in [0, 0.1) is 19.7 Å².